The molecule has 4 aromatic rings. The fourth-order valence-electron chi connectivity index (χ4n) is 5.52. The third-order valence-corrected chi connectivity index (χ3v) is 9.68. The first-order chi connectivity index (χ1) is 21.9. The second-order valence-corrected chi connectivity index (χ2v) is 13.8. The molecule has 0 bridgehead atoms. The number of aromatic nitrogens is 2. The largest absolute Gasteiger partial charge is 0.484 e. The van der Waals surface area contributed by atoms with E-state index >= 15 is 0 Å². The van der Waals surface area contributed by atoms with Crippen molar-refractivity contribution in [2.24, 2.45) is 0 Å². The van der Waals surface area contributed by atoms with E-state index in [0.29, 0.717) is 59.2 Å². The molecule has 3 heterocycles. The van der Waals surface area contributed by atoms with Gasteiger partial charge in [0.1, 0.15) is 17.6 Å². The van der Waals surface area contributed by atoms with Gasteiger partial charge in [-0.05, 0) is 61.4 Å². The van der Waals surface area contributed by atoms with E-state index in [0.717, 1.165) is 5.56 Å². The number of amides is 2. The van der Waals surface area contributed by atoms with Gasteiger partial charge in [-0.1, -0.05) is 18.2 Å². The summed E-state index contributed by atoms with van der Waals surface area (Å²) in [4.78, 5) is 25.1. The van der Waals surface area contributed by atoms with Gasteiger partial charge in [-0.3, -0.25) is 9.59 Å². The summed E-state index contributed by atoms with van der Waals surface area (Å²) in [5, 5.41) is 10.4. The molecule has 1 aromatic heterocycles. The highest BCUT2D eigenvalue weighted by molar-refractivity contribution is 7.91. The van der Waals surface area contributed by atoms with Crippen molar-refractivity contribution in [1.29, 1.82) is 0 Å². The van der Waals surface area contributed by atoms with E-state index in [9.17, 15) is 26.8 Å². The first-order valence-corrected chi connectivity index (χ1v) is 16.5. The molecule has 3 unspecified atom stereocenters. The maximum atomic E-state index is 13.8. The van der Waals surface area contributed by atoms with Crippen LogP contribution in [0.15, 0.2) is 66.9 Å². The molecule has 3 aromatic carbocycles. The van der Waals surface area contributed by atoms with Crippen molar-refractivity contribution in [2.75, 3.05) is 18.3 Å². The maximum absolute atomic E-state index is 13.8. The van der Waals surface area contributed by atoms with Crippen LogP contribution in [0.3, 0.4) is 0 Å². The molecule has 2 aliphatic heterocycles. The Morgan fingerprint density at radius 3 is 2.72 bits per heavy atom. The fraction of sp³-hybridized carbons (Fsp3) is 0.344. The molecule has 242 valence electrons. The summed E-state index contributed by atoms with van der Waals surface area (Å²) >= 11 is 0. The van der Waals surface area contributed by atoms with Crippen LogP contribution < -0.4 is 20.1 Å². The number of fused-ring (bicyclic) bond motifs is 2. The Morgan fingerprint density at radius 1 is 1.13 bits per heavy atom. The molecule has 1 fully saturated rings. The second kappa shape index (κ2) is 12.3. The highest BCUT2D eigenvalue weighted by Crippen LogP contribution is 2.33. The molecule has 0 aliphatic carbocycles. The lowest BCUT2D eigenvalue weighted by molar-refractivity contribution is -0.144. The Balaban J connectivity index is 1.25. The normalized spacial score (nSPS) is 18.7. The number of alkyl halides is 2. The van der Waals surface area contributed by atoms with E-state index < -0.39 is 39.9 Å². The Morgan fingerprint density at radius 2 is 1.96 bits per heavy atom. The Labute approximate surface area is 263 Å². The smallest absolute Gasteiger partial charge is 0.321 e. The van der Waals surface area contributed by atoms with Gasteiger partial charge in [0.05, 0.1) is 41.6 Å². The van der Waals surface area contributed by atoms with Crippen LogP contribution in [0.2, 0.25) is 0 Å². The van der Waals surface area contributed by atoms with Crippen LogP contribution in [0.25, 0.3) is 16.6 Å². The zero-order chi connectivity index (χ0) is 32.6. The van der Waals surface area contributed by atoms with E-state index in [1.165, 1.54) is 0 Å². The summed E-state index contributed by atoms with van der Waals surface area (Å²) in [6, 6.07) is 16.1. The number of carbonyl (C=O) groups excluding carboxylic acids is 2. The summed E-state index contributed by atoms with van der Waals surface area (Å²) in [5.74, 6) is -4.39. The molecular formula is C32H32F2N4O7S. The minimum absolute atomic E-state index is 0.0586. The first kappa shape index (κ1) is 31.4. The predicted molar refractivity (Wildman–Crippen MR) is 164 cm³/mol. The fourth-order valence-corrected chi connectivity index (χ4v) is 7.19. The van der Waals surface area contributed by atoms with E-state index in [2.05, 4.69) is 15.7 Å². The lowest BCUT2D eigenvalue weighted by Crippen LogP contribution is -2.46. The number of hydrogen-bond acceptors (Lipinski definition) is 8. The van der Waals surface area contributed by atoms with Crippen LogP contribution in [0.4, 0.5) is 8.78 Å². The van der Waals surface area contributed by atoms with Gasteiger partial charge in [0, 0.05) is 29.5 Å². The summed E-state index contributed by atoms with van der Waals surface area (Å²) in [6.07, 6.45) is 1.15. The monoisotopic (exact) mass is 654 g/mol. The Hall–Kier alpha value is -4.56. The van der Waals surface area contributed by atoms with Crippen LogP contribution in [-0.2, 0) is 26.0 Å². The van der Waals surface area contributed by atoms with Gasteiger partial charge in [0.25, 0.3) is 11.8 Å². The van der Waals surface area contributed by atoms with E-state index in [1.54, 1.807) is 78.5 Å². The minimum atomic E-state index is -3.57. The lowest BCUT2D eigenvalue weighted by Gasteiger charge is -2.28. The van der Waals surface area contributed by atoms with Gasteiger partial charge in [0.2, 0.25) is 0 Å². The zero-order valence-corrected chi connectivity index (χ0v) is 25.9. The van der Waals surface area contributed by atoms with Gasteiger partial charge in [-0.15, -0.1) is 0 Å². The van der Waals surface area contributed by atoms with Crippen molar-refractivity contribution in [2.45, 2.75) is 51.0 Å². The van der Waals surface area contributed by atoms with Gasteiger partial charge in [-0.25, -0.2) is 13.1 Å². The van der Waals surface area contributed by atoms with Crippen LogP contribution in [-0.4, -0.2) is 66.3 Å². The molecule has 2 amide bonds. The van der Waals surface area contributed by atoms with Crippen LogP contribution in [0, 0.1) is 0 Å². The molecule has 46 heavy (non-hydrogen) atoms. The van der Waals surface area contributed by atoms with Crippen molar-refractivity contribution in [3.63, 3.8) is 0 Å². The number of carbonyl (C=O) groups is 2. The molecule has 11 nitrogen and oxygen atoms in total. The van der Waals surface area contributed by atoms with Crippen LogP contribution >= 0.6 is 0 Å². The topological polar surface area (TPSA) is 138 Å². The lowest BCUT2D eigenvalue weighted by atomic mass is 10.00. The second-order valence-electron chi connectivity index (χ2n) is 11.6. The number of ether oxygens (including phenoxy) is 3. The van der Waals surface area contributed by atoms with Crippen LogP contribution in [0.1, 0.15) is 47.9 Å². The highest BCUT2D eigenvalue weighted by atomic mass is 32.2. The maximum Gasteiger partial charge on any atom is 0.321 e. The average Bonchev–Trinajstić information content (AvgIpc) is 3.60. The molecule has 2 aliphatic rings. The van der Waals surface area contributed by atoms with Crippen molar-refractivity contribution in [3.8, 4) is 17.2 Å². The van der Waals surface area contributed by atoms with Gasteiger partial charge < -0.3 is 24.8 Å². The van der Waals surface area contributed by atoms with Gasteiger partial charge >= 0.3 is 5.92 Å². The number of halogens is 2. The summed E-state index contributed by atoms with van der Waals surface area (Å²) in [5.41, 5.74) is 3.12. The van der Waals surface area contributed by atoms with Crippen molar-refractivity contribution < 1.29 is 41.0 Å². The number of rotatable bonds is 9. The predicted octanol–water partition coefficient (Wildman–Crippen LogP) is 4.09. The zero-order valence-electron chi connectivity index (χ0n) is 25.0. The summed E-state index contributed by atoms with van der Waals surface area (Å²) < 4.78 is 70.0. The van der Waals surface area contributed by atoms with Crippen molar-refractivity contribution in [1.82, 2.24) is 20.4 Å². The summed E-state index contributed by atoms with van der Waals surface area (Å²) in [7, 11) is -3.14. The first-order valence-electron chi connectivity index (χ1n) is 14.6. The molecule has 14 heteroatoms. The van der Waals surface area contributed by atoms with E-state index in [-0.39, 0.29) is 24.2 Å². The Bertz CT molecular complexity index is 1910. The number of benzene rings is 3. The molecule has 0 spiro atoms. The number of sulfone groups is 1. The molecule has 1 saturated heterocycles. The molecule has 0 saturated carbocycles. The third-order valence-electron chi connectivity index (χ3n) is 7.91. The van der Waals surface area contributed by atoms with Gasteiger partial charge in [0.15, 0.2) is 16.6 Å². The molecule has 0 radical (unpaired) electrons. The standard InChI is InChI=1S/C32H32F2N4O7S/c1-19(36-31(40)32(2,33)34)29(20-6-7-22-16-43-18-44-28(22)14-20)45-26-8-9-27-23(13-26)15-35-38(27)25-5-3-4-21(12-25)30(39)37-24-10-11-46(41,42)17-24/h3-9,12-15,19,24,29H,10-11,16-18H2,1-2H3,(H,36,40)(H,37,39). The summed E-state index contributed by atoms with van der Waals surface area (Å²) in [6.45, 7) is 2.57. The van der Waals surface area contributed by atoms with Gasteiger partial charge in [-0.2, -0.15) is 13.9 Å². The molecule has 3 atom stereocenters. The quantitative estimate of drug-likeness (QED) is 0.276. The third kappa shape index (κ3) is 6.82. The highest BCUT2D eigenvalue weighted by Gasteiger charge is 2.35. The van der Waals surface area contributed by atoms with Crippen molar-refractivity contribution >= 4 is 32.6 Å². The Kier molecular flexibility index (Phi) is 8.42. The molecular weight excluding hydrogens is 622 g/mol. The number of nitrogens with one attached hydrogen (secondary N) is 2. The molecule has 2 N–H and O–H groups in total. The number of nitrogens with zero attached hydrogens (tertiary/aromatic N) is 2. The minimum Gasteiger partial charge on any atom is -0.484 e. The number of hydrogen-bond donors (Lipinski definition) is 2. The van der Waals surface area contributed by atoms with Crippen molar-refractivity contribution in [3.05, 3.63) is 83.6 Å². The van der Waals surface area contributed by atoms with E-state index in [4.69, 9.17) is 14.2 Å². The SMILES string of the molecule is CC(NC(=O)C(C)(F)F)C(Oc1ccc2c(cnn2-c2cccc(C(=O)NC3CCS(=O)(=O)C3)c2)c1)c1ccc2c(c1)OCOC2. The van der Waals surface area contributed by atoms with E-state index in [1.807, 2.05) is 0 Å². The average molecular weight is 655 g/mol. The van der Waals surface area contributed by atoms with Crippen LogP contribution in [0.5, 0.6) is 11.5 Å². The molecule has 6 rings (SSSR count).